The monoisotopic (exact) mass is 951 g/mol. The van der Waals surface area contributed by atoms with Crippen molar-refractivity contribution in [1.29, 1.82) is 0 Å². The number of hydrogen-bond donors (Lipinski definition) is 0. The Kier molecular flexibility index (Phi) is 54.3. The molecule has 0 aromatic carbocycles. The van der Waals surface area contributed by atoms with Gasteiger partial charge in [0.2, 0.25) is 0 Å². The third kappa shape index (κ3) is 54.1. The molecule has 0 aromatic heterocycles. The zero-order valence-corrected chi connectivity index (χ0v) is 45.1. The Morgan fingerprint density at radius 1 is 0.309 bits per heavy atom. The van der Waals surface area contributed by atoms with E-state index in [1.54, 1.807) is 0 Å². The van der Waals surface area contributed by atoms with Crippen LogP contribution in [0.4, 0.5) is 0 Å². The summed E-state index contributed by atoms with van der Waals surface area (Å²) in [6.45, 7) is 6.49. The number of esters is 3. The average molecular weight is 952 g/mol. The van der Waals surface area contributed by atoms with Gasteiger partial charge in [-0.15, -0.1) is 0 Å². The molecule has 6 nitrogen and oxygen atoms in total. The summed E-state index contributed by atoms with van der Waals surface area (Å²) in [5, 5.41) is 0. The Balaban J connectivity index is 4.36. The van der Waals surface area contributed by atoms with Crippen LogP contribution in [0.1, 0.15) is 297 Å². The molecule has 0 spiro atoms. The van der Waals surface area contributed by atoms with Gasteiger partial charge in [0.1, 0.15) is 13.2 Å². The third-order valence-corrected chi connectivity index (χ3v) is 12.8. The van der Waals surface area contributed by atoms with Gasteiger partial charge in [-0.2, -0.15) is 0 Å². The van der Waals surface area contributed by atoms with Gasteiger partial charge in [0.25, 0.3) is 0 Å². The minimum atomic E-state index is -0.801. The van der Waals surface area contributed by atoms with Gasteiger partial charge in [0.15, 0.2) is 6.10 Å². The summed E-state index contributed by atoms with van der Waals surface area (Å²) in [7, 11) is 0. The maximum Gasteiger partial charge on any atom is 0.306 e. The van der Waals surface area contributed by atoms with Crippen molar-refractivity contribution in [3.63, 3.8) is 0 Å². The van der Waals surface area contributed by atoms with Crippen LogP contribution in [0.15, 0.2) is 60.8 Å². The molecule has 0 aliphatic carbocycles. The summed E-state index contributed by atoms with van der Waals surface area (Å²) in [6, 6.07) is 0. The van der Waals surface area contributed by atoms with Crippen LogP contribution in [-0.2, 0) is 28.6 Å². The third-order valence-electron chi connectivity index (χ3n) is 12.8. The second-order valence-corrected chi connectivity index (χ2v) is 19.5. The number of carbonyl (C=O) groups excluding carboxylic acids is 3. The molecule has 0 saturated heterocycles. The first-order valence-electron chi connectivity index (χ1n) is 29.3. The molecule has 0 aromatic rings. The van der Waals surface area contributed by atoms with Gasteiger partial charge in [-0.3, -0.25) is 14.4 Å². The first-order valence-corrected chi connectivity index (χ1v) is 29.3. The Hall–Kier alpha value is -2.89. The summed E-state index contributed by atoms with van der Waals surface area (Å²) in [4.78, 5) is 38.1. The van der Waals surface area contributed by atoms with Gasteiger partial charge in [-0.1, -0.05) is 268 Å². The van der Waals surface area contributed by atoms with Crippen LogP contribution < -0.4 is 0 Å². The molecule has 394 valence electrons. The van der Waals surface area contributed by atoms with Crippen molar-refractivity contribution in [2.75, 3.05) is 13.2 Å². The van der Waals surface area contributed by atoms with Crippen LogP contribution in [0, 0.1) is 0 Å². The number of ether oxygens (including phenoxy) is 3. The number of unbranched alkanes of at least 4 members (excludes halogenated alkanes) is 32. The quantitative estimate of drug-likeness (QED) is 0.0262. The number of hydrogen-bond acceptors (Lipinski definition) is 6. The number of allylic oxidation sites excluding steroid dienone is 10. The van der Waals surface area contributed by atoms with Crippen LogP contribution in [0.5, 0.6) is 0 Å². The fourth-order valence-electron chi connectivity index (χ4n) is 8.39. The normalized spacial score (nSPS) is 12.5. The Morgan fingerprint density at radius 2 is 0.603 bits per heavy atom. The summed E-state index contributed by atoms with van der Waals surface area (Å²) in [5.41, 5.74) is 0. The minimum absolute atomic E-state index is 0.0945. The van der Waals surface area contributed by atoms with Crippen LogP contribution in [0.25, 0.3) is 0 Å². The Morgan fingerprint density at radius 3 is 0.985 bits per heavy atom. The molecule has 1 atom stereocenters. The molecule has 0 aliphatic rings. The molecule has 0 N–H and O–H groups in total. The Bertz CT molecular complexity index is 1230. The summed E-state index contributed by atoms with van der Waals surface area (Å²) < 4.78 is 16.8. The van der Waals surface area contributed by atoms with Crippen molar-refractivity contribution >= 4 is 17.9 Å². The van der Waals surface area contributed by atoms with Gasteiger partial charge in [0, 0.05) is 19.3 Å². The lowest BCUT2D eigenvalue weighted by Gasteiger charge is -2.18. The summed E-state index contributed by atoms with van der Waals surface area (Å²) in [5.74, 6) is -0.968. The highest BCUT2D eigenvalue weighted by Crippen LogP contribution is 2.16. The van der Waals surface area contributed by atoms with Gasteiger partial charge in [-0.25, -0.2) is 0 Å². The van der Waals surface area contributed by atoms with Crippen LogP contribution in [-0.4, -0.2) is 37.2 Å². The second kappa shape index (κ2) is 56.7. The van der Waals surface area contributed by atoms with Crippen molar-refractivity contribution in [1.82, 2.24) is 0 Å². The van der Waals surface area contributed by atoms with E-state index < -0.39 is 6.10 Å². The molecule has 0 aliphatic heterocycles. The average Bonchev–Trinajstić information content (AvgIpc) is 3.34. The minimum Gasteiger partial charge on any atom is -0.462 e. The molecule has 0 saturated carbocycles. The standard InChI is InChI=1S/C62H110O6/c1-4-7-10-13-16-19-22-25-27-29-30-31-32-33-35-37-40-43-46-49-52-55-61(64)67-58-59(57-66-60(63)54-51-48-45-42-39-36-24-21-18-15-12-9-6-3)68-62(65)56-53-50-47-44-41-38-34-28-26-23-20-17-14-11-8-5-2/h9,12,18,21,29-30,36,39,45,48,59H,4-8,10-11,13-17,19-20,22-28,31-35,37-38,40-44,46-47,49-58H2,1-3H3/b12-9-,21-18-,30-29-,39-36-,48-45-. The molecule has 68 heavy (non-hydrogen) atoms. The van der Waals surface area contributed by atoms with Crippen molar-refractivity contribution in [2.45, 2.75) is 303 Å². The number of rotatable bonds is 53. The highest BCUT2D eigenvalue weighted by molar-refractivity contribution is 5.71. The molecule has 0 amide bonds. The van der Waals surface area contributed by atoms with Crippen molar-refractivity contribution in [3.8, 4) is 0 Å². The zero-order chi connectivity index (χ0) is 49.3. The maximum absolute atomic E-state index is 12.8. The van der Waals surface area contributed by atoms with Crippen molar-refractivity contribution in [2.24, 2.45) is 0 Å². The second-order valence-electron chi connectivity index (χ2n) is 19.5. The predicted octanol–water partition coefficient (Wildman–Crippen LogP) is 19.6. The van der Waals surface area contributed by atoms with Crippen LogP contribution in [0.2, 0.25) is 0 Å². The van der Waals surface area contributed by atoms with E-state index in [9.17, 15) is 14.4 Å². The molecule has 0 radical (unpaired) electrons. The topological polar surface area (TPSA) is 78.9 Å². The van der Waals surface area contributed by atoms with E-state index in [0.717, 1.165) is 64.2 Å². The van der Waals surface area contributed by atoms with Crippen LogP contribution in [0.3, 0.4) is 0 Å². The zero-order valence-electron chi connectivity index (χ0n) is 45.1. The molecule has 1 unspecified atom stereocenters. The van der Waals surface area contributed by atoms with Gasteiger partial charge in [-0.05, 0) is 70.6 Å². The van der Waals surface area contributed by atoms with E-state index in [0.29, 0.717) is 19.3 Å². The fourth-order valence-corrected chi connectivity index (χ4v) is 8.39. The fraction of sp³-hybridized carbons (Fsp3) is 0.790. The van der Waals surface area contributed by atoms with Crippen LogP contribution >= 0.6 is 0 Å². The van der Waals surface area contributed by atoms with E-state index in [1.807, 2.05) is 6.08 Å². The van der Waals surface area contributed by atoms with Gasteiger partial charge in [0.05, 0.1) is 0 Å². The molecule has 6 heteroatoms. The molecular formula is C62H110O6. The lowest BCUT2D eigenvalue weighted by Crippen LogP contribution is -2.30. The largest absolute Gasteiger partial charge is 0.462 e. The number of carbonyl (C=O) groups is 3. The van der Waals surface area contributed by atoms with E-state index in [2.05, 4.69) is 75.5 Å². The van der Waals surface area contributed by atoms with E-state index >= 15 is 0 Å². The highest BCUT2D eigenvalue weighted by Gasteiger charge is 2.19. The highest BCUT2D eigenvalue weighted by atomic mass is 16.6. The Labute approximate surface area is 421 Å². The molecule has 0 bridgehead atoms. The first-order chi connectivity index (χ1) is 33.5. The molecule has 0 fully saturated rings. The summed E-state index contributed by atoms with van der Waals surface area (Å²) >= 11 is 0. The molecular weight excluding hydrogens is 841 g/mol. The van der Waals surface area contributed by atoms with Gasteiger partial charge < -0.3 is 14.2 Å². The lowest BCUT2D eigenvalue weighted by atomic mass is 10.0. The van der Waals surface area contributed by atoms with E-state index in [-0.39, 0.29) is 37.5 Å². The van der Waals surface area contributed by atoms with Crippen molar-refractivity contribution < 1.29 is 28.6 Å². The van der Waals surface area contributed by atoms with Crippen molar-refractivity contribution in [3.05, 3.63) is 60.8 Å². The lowest BCUT2D eigenvalue weighted by molar-refractivity contribution is -0.166. The maximum atomic E-state index is 12.8. The molecule has 0 heterocycles. The first kappa shape index (κ1) is 65.1. The van der Waals surface area contributed by atoms with Gasteiger partial charge >= 0.3 is 17.9 Å². The SMILES string of the molecule is CC/C=C\C/C=C\C/C=C\C/C=C\CCC(=O)OCC(COC(=O)CCCCCCCCCCC/C=C\CCCCCCCCCC)OC(=O)CCCCCCCCCCCCCCCCCC. The van der Waals surface area contributed by atoms with E-state index in [4.69, 9.17) is 14.2 Å². The smallest absolute Gasteiger partial charge is 0.306 e. The van der Waals surface area contributed by atoms with E-state index in [1.165, 1.54) is 186 Å². The molecule has 0 rings (SSSR count). The predicted molar refractivity (Wildman–Crippen MR) is 293 cm³/mol. The summed E-state index contributed by atoms with van der Waals surface area (Å²) in [6.07, 6.45) is 70.9.